The lowest BCUT2D eigenvalue weighted by Crippen LogP contribution is -2.41. The fourth-order valence-corrected chi connectivity index (χ4v) is 3.12. The van der Waals surface area contributed by atoms with Gasteiger partial charge in [0.1, 0.15) is 11.9 Å². The van der Waals surface area contributed by atoms with Crippen LogP contribution in [0.5, 0.6) is 0 Å². The number of piperidine rings is 1. The summed E-state index contributed by atoms with van der Waals surface area (Å²) in [4.78, 5) is 18.7. The minimum Gasteiger partial charge on any atom is -0.338 e. The van der Waals surface area contributed by atoms with E-state index < -0.39 is 6.04 Å². The summed E-state index contributed by atoms with van der Waals surface area (Å²) in [7, 11) is 2.12. The van der Waals surface area contributed by atoms with Crippen molar-refractivity contribution in [2.75, 3.05) is 26.7 Å². The van der Waals surface area contributed by atoms with Crippen molar-refractivity contribution < 1.29 is 13.7 Å². The Balaban J connectivity index is 1.52. The second-order valence-corrected chi connectivity index (χ2v) is 7.24. The largest absolute Gasteiger partial charge is 0.338 e. The van der Waals surface area contributed by atoms with Gasteiger partial charge in [-0.1, -0.05) is 5.16 Å². The van der Waals surface area contributed by atoms with Crippen LogP contribution in [-0.4, -0.2) is 47.8 Å². The molecule has 1 saturated heterocycles. The van der Waals surface area contributed by atoms with E-state index in [1.54, 1.807) is 26.0 Å². The van der Waals surface area contributed by atoms with E-state index in [-0.39, 0.29) is 11.8 Å². The van der Waals surface area contributed by atoms with Gasteiger partial charge in [-0.2, -0.15) is 4.98 Å². The van der Waals surface area contributed by atoms with Gasteiger partial charge in [-0.05, 0) is 76.5 Å². The molecule has 3 rings (SSSR count). The van der Waals surface area contributed by atoms with E-state index in [1.165, 1.54) is 6.07 Å². The van der Waals surface area contributed by atoms with Gasteiger partial charge in [0.25, 0.3) is 0 Å². The highest BCUT2D eigenvalue weighted by atomic mass is 19.1. The minimum atomic E-state index is -0.426. The van der Waals surface area contributed by atoms with Crippen LogP contribution < -0.4 is 10.6 Å². The van der Waals surface area contributed by atoms with Gasteiger partial charge in [0.15, 0.2) is 0 Å². The summed E-state index contributed by atoms with van der Waals surface area (Å²) in [5, 5.41) is 9.66. The number of aromatic nitrogens is 2. The second kappa shape index (κ2) is 8.47. The van der Waals surface area contributed by atoms with Crippen molar-refractivity contribution in [3.8, 4) is 11.4 Å². The third-order valence-corrected chi connectivity index (χ3v) is 4.97. The van der Waals surface area contributed by atoms with Gasteiger partial charge in [-0.25, -0.2) is 9.18 Å². The van der Waals surface area contributed by atoms with Crippen LogP contribution in [0.3, 0.4) is 0 Å². The lowest BCUT2D eigenvalue weighted by atomic mass is 9.97. The van der Waals surface area contributed by atoms with Crippen LogP contribution in [-0.2, 0) is 0 Å². The molecule has 2 N–H and O–H groups in total. The van der Waals surface area contributed by atoms with Crippen molar-refractivity contribution in [1.82, 2.24) is 25.7 Å². The molecule has 27 heavy (non-hydrogen) atoms. The van der Waals surface area contributed by atoms with Gasteiger partial charge in [0.2, 0.25) is 11.7 Å². The molecular formula is C19H26FN5O2. The van der Waals surface area contributed by atoms with Crippen molar-refractivity contribution in [3.05, 3.63) is 35.5 Å². The van der Waals surface area contributed by atoms with E-state index in [0.29, 0.717) is 35.3 Å². The van der Waals surface area contributed by atoms with E-state index in [1.807, 2.05) is 0 Å². The molecule has 1 aliphatic heterocycles. The molecule has 1 atom stereocenters. The molecular weight excluding hydrogens is 349 g/mol. The van der Waals surface area contributed by atoms with Gasteiger partial charge in [0, 0.05) is 12.1 Å². The molecule has 7 nitrogen and oxygen atoms in total. The maximum absolute atomic E-state index is 13.4. The molecule has 1 aromatic carbocycles. The zero-order valence-electron chi connectivity index (χ0n) is 16.0. The highest BCUT2D eigenvalue weighted by molar-refractivity contribution is 5.74. The van der Waals surface area contributed by atoms with Crippen LogP contribution in [0.1, 0.15) is 37.3 Å². The first-order chi connectivity index (χ1) is 12.9. The number of amides is 2. The van der Waals surface area contributed by atoms with Crippen LogP contribution in [0.4, 0.5) is 9.18 Å². The molecule has 8 heteroatoms. The molecule has 0 aliphatic carbocycles. The van der Waals surface area contributed by atoms with Gasteiger partial charge >= 0.3 is 6.03 Å². The summed E-state index contributed by atoms with van der Waals surface area (Å²) in [6.45, 7) is 6.26. The van der Waals surface area contributed by atoms with Crippen LogP contribution in [0.25, 0.3) is 11.4 Å². The molecule has 0 bridgehead atoms. The molecule has 2 amide bonds. The fourth-order valence-electron chi connectivity index (χ4n) is 3.12. The maximum Gasteiger partial charge on any atom is 0.315 e. The van der Waals surface area contributed by atoms with Gasteiger partial charge < -0.3 is 20.1 Å². The molecule has 1 aromatic heterocycles. The summed E-state index contributed by atoms with van der Waals surface area (Å²) in [6, 6.07) is 3.96. The lowest BCUT2D eigenvalue weighted by molar-refractivity contribution is 0.208. The van der Waals surface area contributed by atoms with Crippen LogP contribution >= 0.6 is 0 Å². The number of halogens is 1. The molecule has 0 radical (unpaired) electrons. The van der Waals surface area contributed by atoms with Gasteiger partial charge in [0.05, 0.1) is 0 Å². The Hall–Kier alpha value is -2.48. The lowest BCUT2D eigenvalue weighted by Gasteiger charge is -2.29. The number of nitrogens with one attached hydrogen (secondary N) is 2. The Morgan fingerprint density at radius 1 is 1.41 bits per heavy atom. The third-order valence-electron chi connectivity index (χ3n) is 4.97. The highest BCUT2D eigenvalue weighted by Gasteiger charge is 2.20. The topological polar surface area (TPSA) is 83.3 Å². The third kappa shape index (κ3) is 5.03. The van der Waals surface area contributed by atoms with E-state index in [2.05, 4.69) is 32.7 Å². The summed E-state index contributed by atoms with van der Waals surface area (Å²) in [5.41, 5.74) is 1.18. The number of aryl methyl sites for hydroxylation is 1. The Bertz CT molecular complexity index is 786. The number of rotatable bonds is 5. The fraction of sp³-hybridized carbons (Fsp3) is 0.526. The Kier molecular flexibility index (Phi) is 6.05. The molecule has 0 saturated carbocycles. The first-order valence-electron chi connectivity index (χ1n) is 9.25. The first kappa shape index (κ1) is 19.3. The maximum atomic E-state index is 13.4. The average Bonchev–Trinajstić information content (AvgIpc) is 3.14. The van der Waals surface area contributed by atoms with Crippen LogP contribution in [0.2, 0.25) is 0 Å². The Morgan fingerprint density at radius 2 is 2.15 bits per heavy atom. The Morgan fingerprint density at radius 3 is 2.85 bits per heavy atom. The molecule has 2 aromatic rings. The molecule has 2 heterocycles. The Labute approximate surface area is 158 Å². The molecule has 1 aliphatic rings. The summed E-state index contributed by atoms with van der Waals surface area (Å²) < 4.78 is 18.7. The molecule has 0 spiro atoms. The van der Waals surface area contributed by atoms with E-state index in [0.717, 1.165) is 25.9 Å². The van der Waals surface area contributed by atoms with Crippen LogP contribution in [0, 0.1) is 18.7 Å². The number of hydrogen-bond acceptors (Lipinski definition) is 5. The summed E-state index contributed by atoms with van der Waals surface area (Å²) in [6.07, 6.45) is 2.19. The van der Waals surface area contributed by atoms with E-state index in [9.17, 15) is 9.18 Å². The standard InChI is InChI=1S/C19H26FN5O2/c1-12-10-15(4-5-16(12)20)17-23-18(27-24-17)13(2)22-19(26)21-11-14-6-8-25(3)9-7-14/h4-5,10,13-14H,6-9,11H2,1-3H3,(H2,21,22,26). The van der Waals surface area contributed by atoms with Crippen molar-refractivity contribution in [2.24, 2.45) is 5.92 Å². The van der Waals surface area contributed by atoms with Crippen molar-refractivity contribution in [1.29, 1.82) is 0 Å². The number of nitrogens with zero attached hydrogens (tertiary/aromatic N) is 3. The van der Waals surface area contributed by atoms with E-state index >= 15 is 0 Å². The predicted octanol–water partition coefficient (Wildman–Crippen LogP) is 2.89. The number of likely N-dealkylation sites (tertiary alicyclic amines) is 1. The SMILES string of the molecule is Cc1cc(-c2noc(C(C)NC(=O)NCC3CCN(C)CC3)n2)ccc1F. The number of carbonyl (C=O) groups is 1. The quantitative estimate of drug-likeness (QED) is 0.840. The normalized spacial score (nSPS) is 16.9. The minimum absolute atomic E-state index is 0.251. The van der Waals surface area contributed by atoms with Crippen LogP contribution in [0.15, 0.2) is 22.7 Å². The number of benzene rings is 1. The smallest absolute Gasteiger partial charge is 0.315 e. The van der Waals surface area contributed by atoms with Gasteiger partial charge in [-0.15, -0.1) is 0 Å². The predicted molar refractivity (Wildman–Crippen MR) is 99.6 cm³/mol. The van der Waals surface area contributed by atoms with Crippen molar-refractivity contribution >= 4 is 6.03 Å². The molecule has 1 fully saturated rings. The first-order valence-corrected chi connectivity index (χ1v) is 9.25. The van der Waals surface area contributed by atoms with Crippen molar-refractivity contribution in [2.45, 2.75) is 32.7 Å². The zero-order chi connectivity index (χ0) is 19.4. The zero-order valence-corrected chi connectivity index (χ0v) is 16.0. The number of urea groups is 1. The molecule has 1 unspecified atom stereocenters. The number of hydrogen-bond donors (Lipinski definition) is 2. The van der Waals surface area contributed by atoms with E-state index in [4.69, 9.17) is 4.52 Å². The summed E-state index contributed by atoms with van der Waals surface area (Å²) in [5.74, 6) is 0.910. The number of carbonyl (C=O) groups excluding carboxylic acids is 1. The highest BCUT2D eigenvalue weighted by Crippen LogP contribution is 2.21. The monoisotopic (exact) mass is 375 g/mol. The average molecular weight is 375 g/mol. The molecule has 146 valence electrons. The van der Waals surface area contributed by atoms with Gasteiger partial charge in [-0.3, -0.25) is 0 Å². The summed E-state index contributed by atoms with van der Waals surface area (Å²) >= 11 is 0. The second-order valence-electron chi connectivity index (χ2n) is 7.24. The van der Waals surface area contributed by atoms with Crippen molar-refractivity contribution in [3.63, 3.8) is 0 Å².